The molecule has 0 atom stereocenters. The number of nitrogens with zero attached hydrogens (tertiary/aromatic N) is 5. The van der Waals surface area contributed by atoms with Gasteiger partial charge in [-0.3, -0.25) is 39.5 Å². The van der Waals surface area contributed by atoms with Gasteiger partial charge in [0.05, 0.1) is 64.3 Å². The molecule has 4 heterocycles. The molecule has 0 radical (unpaired) electrons. The minimum Gasteiger partial charge on any atom is -0.870 e. The van der Waals surface area contributed by atoms with Crippen LogP contribution in [-0.4, -0.2) is 80.5 Å². The van der Waals surface area contributed by atoms with Crippen molar-refractivity contribution in [1.29, 1.82) is 0 Å². The van der Waals surface area contributed by atoms with Crippen LogP contribution in [0.1, 0.15) is 79.8 Å². The molecule has 16 aromatic carbocycles. The van der Waals surface area contributed by atoms with Crippen molar-refractivity contribution < 1.29 is 110 Å². The van der Waals surface area contributed by atoms with Gasteiger partial charge in [-0.1, -0.05) is 227 Å². The van der Waals surface area contributed by atoms with E-state index in [1.54, 1.807) is 73.3 Å². The molecule has 0 aromatic heterocycles. The van der Waals surface area contributed by atoms with Crippen LogP contribution in [0.15, 0.2) is 358 Å². The third kappa shape index (κ3) is 40.3. The number of rotatable bonds is 5. The number of anilines is 10. The summed E-state index contributed by atoms with van der Waals surface area (Å²) in [6.07, 6.45) is 1.52. The maximum Gasteiger partial charge on any atom is 1.00 e. The number of nitro benzene ring substituents is 2. The minimum atomic E-state index is -0.491. The van der Waals surface area contributed by atoms with Crippen molar-refractivity contribution in [2.24, 2.45) is 0 Å². The number of phenolic OH excluding ortho intramolecular Hbond substituents is 2. The summed E-state index contributed by atoms with van der Waals surface area (Å²) in [5, 5.41) is 51.5. The van der Waals surface area contributed by atoms with E-state index in [0.29, 0.717) is 23.5 Å². The molecular weight excluding hydrogens is 2160 g/mol. The van der Waals surface area contributed by atoms with E-state index in [-0.39, 0.29) is 98.2 Å². The average molecular weight is 2280 g/mol. The fourth-order valence-electron chi connectivity index (χ4n) is 13.2. The zero-order valence-electron chi connectivity index (χ0n) is 83.5. The van der Waals surface area contributed by atoms with Crippen molar-refractivity contribution in [1.82, 2.24) is 0 Å². The summed E-state index contributed by atoms with van der Waals surface area (Å²) in [7, 11) is 4.14. The molecule has 4 aliphatic rings. The Morgan fingerprint density at radius 2 is 0.660 bits per heavy atom. The Kier molecular flexibility index (Phi) is 57.2. The normalized spacial score (nSPS) is 10.2. The largest absolute Gasteiger partial charge is 1.00 e. The van der Waals surface area contributed by atoms with Crippen LogP contribution in [-0.2, 0) is 14.4 Å². The number of carboxylic acid groups (broad SMARTS) is 1. The van der Waals surface area contributed by atoms with E-state index in [4.69, 9.17) is 56.4 Å². The predicted octanol–water partition coefficient (Wildman–Crippen LogP) is 28.0. The first-order chi connectivity index (χ1) is 67.4. The minimum absolute atomic E-state index is 0. The van der Waals surface area contributed by atoms with Gasteiger partial charge in [-0.15, -0.1) is 0 Å². The number of aromatic hydroxyl groups is 2. The molecule has 766 valence electrons. The van der Waals surface area contributed by atoms with Crippen LogP contribution in [0.25, 0.3) is 0 Å². The first kappa shape index (κ1) is 129. The van der Waals surface area contributed by atoms with Crippen LogP contribution in [0.4, 0.5) is 68.2 Å². The van der Waals surface area contributed by atoms with Gasteiger partial charge in [0.15, 0.2) is 46.0 Å². The van der Waals surface area contributed by atoms with E-state index < -0.39 is 4.92 Å². The Balaban J connectivity index is 0.000000544. The molecular formula is C115H122Br4ClN8NaO18. The number of phenols is 2. The number of halogens is 5. The fraction of sp³-hybridized carbons (Fsp3) is 0.139. The predicted molar refractivity (Wildman–Crippen MR) is 607 cm³/mol. The Morgan fingerprint density at radius 3 is 1.04 bits per heavy atom. The van der Waals surface area contributed by atoms with Gasteiger partial charge < -0.3 is 82.3 Å². The summed E-state index contributed by atoms with van der Waals surface area (Å²) in [6.45, 7) is 25.5. The Bertz CT molecular complexity index is 6530. The fourth-order valence-corrected chi connectivity index (χ4v) is 14.6. The van der Waals surface area contributed by atoms with Gasteiger partial charge in [0.25, 0.3) is 17.8 Å². The molecule has 4 aliphatic heterocycles. The number of nitro groups is 2. The van der Waals surface area contributed by atoms with Gasteiger partial charge in [0.2, 0.25) is 12.8 Å². The molecule has 20 rings (SSSR count). The van der Waals surface area contributed by atoms with Crippen molar-refractivity contribution in [2.75, 3.05) is 45.2 Å². The van der Waals surface area contributed by atoms with E-state index in [1.165, 1.54) is 54.5 Å². The summed E-state index contributed by atoms with van der Waals surface area (Å²) >= 11 is 18.6. The van der Waals surface area contributed by atoms with Gasteiger partial charge in [-0.2, -0.15) is 0 Å². The smallest absolute Gasteiger partial charge is 0.870 e. The Labute approximate surface area is 920 Å². The topological polar surface area (TPSA) is 419 Å². The molecule has 0 spiro atoms. The maximum atomic E-state index is 11.3. The van der Waals surface area contributed by atoms with Crippen molar-refractivity contribution in [3.8, 4) is 57.5 Å². The second kappa shape index (κ2) is 65.3. The Hall–Kier alpha value is -14.2. The molecule has 32 heteroatoms. The number of amides is 2. The molecule has 0 aliphatic carbocycles. The van der Waals surface area contributed by atoms with Crippen molar-refractivity contribution in [3.63, 3.8) is 0 Å². The number of nitrogens with one attached hydrogen (secondary N) is 2. The number of hydrogen-bond donors (Lipinski definition) is 6. The van der Waals surface area contributed by atoms with Crippen LogP contribution < -0.4 is 79.6 Å². The van der Waals surface area contributed by atoms with E-state index in [9.17, 15) is 29.8 Å². The van der Waals surface area contributed by atoms with Gasteiger partial charge >= 0.3 is 29.6 Å². The number of hydrogen-bond acceptors (Lipinski definition) is 18. The molecule has 2 amide bonds. The van der Waals surface area contributed by atoms with Crippen LogP contribution in [0.3, 0.4) is 0 Å². The van der Waals surface area contributed by atoms with Gasteiger partial charge in [-0.25, -0.2) is 0 Å². The number of ether oxygens (including phenoxy) is 4. The molecule has 16 aromatic rings. The number of nitrogen functional groups attached to an aromatic ring is 1. The molecule has 0 saturated carbocycles. The molecule has 0 unspecified atom stereocenters. The first-order valence-electron chi connectivity index (χ1n) is 44.0. The molecule has 14 N–H and O–H groups in total. The molecule has 0 bridgehead atoms. The number of para-hydroxylation sites is 10. The van der Waals surface area contributed by atoms with Crippen molar-refractivity contribution in [3.05, 3.63) is 455 Å². The molecule has 0 saturated heterocycles. The van der Waals surface area contributed by atoms with E-state index in [0.717, 1.165) is 140 Å². The summed E-state index contributed by atoms with van der Waals surface area (Å²) in [4.78, 5) is 55.5. The summed E-state index contributed by atoms with van der Waals surface area (Å²) in [5.74, 6) is 7.44. The van der Waals surface area contributed by atoms with Gasteiger partial charge in [0.1, 0.15) is 16.5 Å². The quantitative estimate of drug-likeness (QED) is 0.0306. The van der Waals surface area contributed by atoms with E-state index in [2.05, 4.69) is 200 Å². The van der Waals surface area contributed by atoms with Crippen LogP contribution in [0.2, 0.25) is 5.02 Å². The second-order valence-electron chi connectivity index (χ2n) is 32.1. The van der Waals surface area contributed by atoms with E-state index >= 15 is 0 Å². The third-order valence-corrected chi connectivity index (χ3v) is 24.4. The van der Waals surface area contributed by atoms with Crippen LogP contribution in [0, 0.1) is 110 Å². The molecule has 147 heavy (non-hydrogen) atoms. The molecule has 26 nitrogen and oxygen atoms in total. The SMILES string of the molecule is C.Cc1ccc(C)c(N)c1.Cc1ccc(C)c(NC=O)c1.Cc1ccc(C)c([N+](=O)[O-])c1.Cc1ccc(Cl)c([N+](=O)[O-])c1.Cc1ccc2c(c1)N(C)c1ccccc1O2.Cc1ccc2c(c1)N(C)c1ccccc1O2.Cc1ccc2c(c1)N(C=O)c1ccccc1O2.Cc1ccc2c(c1)Nc1ccccc1O2.Cc1ccccc1Br.Cc1ccccc1Br.O.O.O.O=CO.Oc1ccccc1Br.Oc1ccccc1Br.[Na+].[OH-]. The van der Waals surface area contributed by atoms with E-state index in [1.807, 2.05) is 248 Å². The second-order valence-corrected chi connectivity index (χ2v) is 36.0. The zero-order chi connectivity index (χ0) is 103. The van der Waals surface area contributed by atoms with Gasteiger partial charge in [-0.05, 0) is 340 Å². The first-order valence-corrected chi connectivity index (χ1v) is 47.6. The zero-order valence-corrected chi connectivity index (χ0v) is 92.6. The van der Waals surface area contributed by atoms with Crippen molar-refractivity contribution >= 4 is 163 Å². The standard InChI is InChI=1S/C14H11NO2.2C14H13NO.C13H11NO.C9H11NO.C8H9NO2.C8H11N.2C7H7Br.C7H6ClNO2.2C6H5BrO.CH2O2.CH4.Na.4H2O/c1-10-6-7-14-12(8-10)15(9-16)11-4-2-3-5-13(11)17-14;2*1-10-7-8-14-12(9-10)15(2)11-5-3-4-6-13(11)16-14;1-9-6-7-13-11(8-9)14-10-4-2-3-5-12(10)15-13;1-7-3-4-8(2)9(5-7)10-6-11;1-6-3-4-7(2)8(5-6)9(10)11;1-6-3-4-7(2)8(9)5-6;2*1-6-4-2-3-5-7(6)8;1-5-2-3-6(8)7(4-5)9(10)11;2*7-5-3-1-2-4-6(5)8;2-1-3;;;;;;/h2-9H,1H3;2*3-9H,1-2H3;2-8,14H,1H3;3-6H,1-2H3,(H,10,11);3-5H,1-2H3;3-5H,9H2,1-2H3;2*2-5H,1H3;2-4H,1H3;2*1-4,8H;1H,(H,2,3);1H4;;4*1H2/q;;;;;;;;;;;;;;+1;;;;/p-1. The van der Waals surface area contributed by atoms with Crippen LogP contribution in [0.5, 0.6) is 57.5 Å². The summed E-state index contributed by atoms with van der Waals surface area (Å²) in [5.41, 5.74) is 30.1. The van der Waals surface area contributed by atoms with Crippen molar-refractivity contribution in [2.45, 2.75) is 97.4 Å². The number of fused-ring (bicyclic) bond motifs is 8. The average Bonchev–Trinajstić information content (AvgIpc) is 0.784. The summed E-state index contributed by atoms with van der Waals surface area (Å²) in [6, 6.07) is 108. The number of carbonyl (C=O) groups excluding carboxylic acids is 2. The number of aryl methyl sites for hydroxylation is 13. The number of benzene rings is 16. The van der Waals surface area contributed by atoms with Crippen LogP contribution >= 0.6 is 75.3 Å². The number of nitrogens with two attached hydrogens (primary N) is 1. The summed E-state index contributed by atoms with van der Waals surface area (Å²) < 4.78 is 27.1. The Morgan fingerprint density at radius 1 is 0.354 bits per heavy atom. The van der Waals surface area contributed by atoms with Gasteiger partial charge in [0, 0.05) is 52.1 Å². The number of carbonyl (C=O) groups is 3. The third-order valence-electron chi connectivity index (χ3n) is 20.9. The monoisotopic (exact) mass is 2280 g/mol. The maximum absolute atomic E-state index is 11.3. The molecule has 0 fully saturated rings.